The fourth-order valence-electron chi connectivity index (χ4n) is 1.13. The summed E-state index contributed by atoms with van der Waals surface area (Å²) in [6, 6.07) is 7.62. The first kappa shape index (κ1) is 7.79. The number of aromatic nitrogens is 2. The Kier molecular flexibility index (Phi) is 1.96. The highest BCUT2D eigenvalue weighted by Crippen LogP contribution is 2.13. The minimum absolute atomic E-state index is 0.581. The summed E-state index contributed by atoms with van der Waals surface area (Å²) in [5.41, 5.74) is 7.50. The molecule has 2 rings (SSSR count). The number of rotatable bonds is 2. The van der Waals surface area contributed by atoms with Crippen LogP contribution >= 0.6 is 0 Å². The van der Waals surface area contributed by atoms with Gasteiger partial charge in [0.1, 0.15) is 0 Å². The number of hydrogen-bond acceptors (Lipinski definition) is 4. The van der Waals surface area contributed by atoms with Crippen molar-refractivity contribution in [2.45, 2.75) is 6.42 Å². The van der Waals surface area contributed by atoms with E-state index >= 15 is 0 Å². The highest BCUT2D eigenvalue weighted by Gasteiger charge is 2.03. The molecular weight excluding hydrogens is 166 g/mol. The maximum absolute atomic E-state index is 5.75. The second-order valence-corrected chi connectivity index (χ2v) is 2.71. The lowest BCUT2D eigenvalue weighted by Crippen LogP contribution is -1.94. The van der Waals surface area contributed by atoms with Gasteiger partial charge in [-0.3, -0.25) is 0 Å². The number of nitrogens with zero attached hydrogens (tertiary/aromatic N) is 2. The summed E-state index contributed by atoms with van der Waals surface area (Å²) >= 11 is 0. The first-order valence-corrected chi connectivity index (χ1v) is 3.95. The van der Waals surface area contributed by atoms with Crippen molar-refractivity contribution in [3.8, 4) is 0 Å². The third kappa shape index (κ3) is 1.66. The maximum Gasteiger partial charge on any atom is 0.230 e. The first-order valence-electron chi connectivity index (χ1n) is 3.95. The van der Waals surface area contributed by atoms with Crippen molar-refractivity contribution >= 4 is 5.69 Å². The van der Waals surface area contributed by atoms with Gasteiger partial charge in [-0.2, -0.15) is 4.98 Å². The van der Waals surface area contributed by atoms with Crippen LogP contribution in [0, 0.1) is 0 Å². The molecule has 0 bridgehead atoms. The van der Waals surface area contributed by atoms with Gasteiger partial charge in [0.2, 0.25) is 5.89 Å². The van der Waals surface area contributed by atoms with Gasteiger partial charge in [0, 0.05) is 5.69 Å². The van der Waals surface area contributed by atoms with Gasteiger partial charge in [-0.05, 0) is 11.6 Å². The number of hydrogen-bond donors (Lipinski definition) is 1. The Hall–Kier alpha value is -1.84. The molecule has 1 aromatic heterocycles. The van der Waals surface area contributed by atoms with Crippen molar-refractivity contribution in [1.29, 1.82) is 0 Å². The van der Waals surface area contributed by atoms with E-state index < -0.39 is 0 Å². The fourth-order valence-corrected chi connectivity index (χ4v) is 1.13. The van der Waals surface area contributed by atoms with E-state index in [1.54, 1.807) is 0 Å². The summed E-state index contributed by atoms with van der Waals surface area (Å²) in [5.74, 6) is 0.581. The average molecular weight is 175 g/mol. The van der Waals surface area contributed by atoms with Gasteiger partial charge in [-0.15, -0.1) is 0 Å². The lowest BCUT2D eigenvalue weighted by Gasteiger charge is -2.00. The summed E-state index contributed by atoms with van der Waals surface area (Å²) in [5, 5.41) is 3.52. The van der Waals surface area contributed by atoms with Gasteiger partial charge in [-0.25, -0.2) is 0 Å². The van der Waals surface area contributed by atoms with Gasteiger partial charge >= 0.3 is 0 Å². The van der Waals surface area contributed by atoms with E-state index in [0.29, 0.717) is 12.3 Å². The van der Waals surface area contributed by atoms with Crippen LogP contribution in [-0.2, 0) is 6.42 Å². The minimum atomic E-state index is 0.581. The molecule has 0 aliphatic carbocycles. The van der Waals surface area contributed by atoms with E-state index in [1.807, 2.05) is 24.3 Å². The van der Waals surface area contributed by atoms with Crippen molar-refractivity contribution in [3.63, 3.8) is 0 Å². The third-order valence-electron chi connectivity index (χ3n) is 1.80. The predicted molar refractivity (Wildman–Crippen MR) is 48.0 cm³/mol. The van der Waals surface area contributed by atoms with Crippen molar-refractivity contribution in [2.75, 3.05) is 5.73 Å². The van der Waals surface area contributed by atoms with Gasteiger partial charge in [-0.1, -0.05) is 23.4 Å². The largest absolute Gasteiger partial charge is 0.398 e. The van der Waals surface area contributed by atoms with Crippen LogP contribution in [0.1, 0.15) is 11.5 Å². The molecule has 0 unspecified atom stereocenters. The fraction of sp³-hybridized carbons (Fsp3) is 0.111. The molecule has 0 fully saturated rings. The Bertz CT molecular complexity index is 384. The topological polar surface area (TPSA) is 64.9 Å². The zero-order valence-corrected chi connectivity index (χ0v) is 6.97. The third-order valence-corrected chi connectivity index (χ3v) is 1.80. The van der Waals surface area contributed by atoms with E-state index in [-0.39, 0.29) is 0 Å². The Morgan fingerprint density at radius 3 is 2.85 bits per heavy atom. The highest BCUT2D eigenvalue weighted by atomic mass is 16.5. The zero-order valence-electron chi connectivity index (χ0n) is 6.97. The van der Waals surface area contributed by atoms with Gasteiger partial charge in [0.25, 0.3) is 0 Å². The molecule has 66 valence electrons. The SMILES string of the molecule is Nc1ccccc1Cc1ncno1. The van der Waals surface area contributed by atoms with Crippen LogP contribution < -0.4 is 5.73 Å². The molecule has 0 saturated carbocycles. The smallest absolute Gasteiger partial charge is 0.230 e. The highest BCUT2D eigenvalue weighted by molar-refractivity contribution is 5.47. The van der Waals surface area contributed by atoms with Crippen molar-refractivity contribution in [3.05, 3.63) is 42.0 Å². The summed E-state index contributed by atoms with van der Waals surface area (Å²) in [6.07, 6.45) is 1.97. The Morgan fingerprint density at radius 1 is 1.31 bits per heavy atom. The van der Waals surface area contributed by atoms with Crippen LogP contribution in [0.3, 0.4) is 0 Å². The predicted octanol–water partition coefficient (Wildman–Crippen LogP) is 1.24. The van der Waals surface area contributed by atoms with Crippen LogP contribution in [0.25, 0.3) is 0 Å². The molecule has 2 N–H and O–H groups in total. The molecule has 4 nitrogen and oxygen atoms in total. The molecule has 1 heterocycles. The number of benzene rings is 1. The van der Waals surface area contributed by atoms with E-state index in [0.717, 1.165) is 11.3 Å². The van der Waals surface area contributed by atoms with Crippen LogP contribution in [0.4, 0.5) is 5.69 Å². The molecule has 0 aliphatic heterocycles. The monoisotopic (exact) mass is 175 g/mol. The van der Waals surface area contributed by atoms with Crippen molar-refractivity contribution in [1.82, 2.24) is 10.1 Å². The van der Waals surface area contributed by atoms with Crippen molar-refractivity contribution < 1.29 is 4.52 Å². The molecule has 0 amide bonds. The number of anilines is 1. The number of nitrogens with two attached hydrogens (primary N) is 1. The Balaban J connectivity index is 2.24. The summed E-state index contributed by atoms with van der Waals surface area (Å²) in [4.78, 5) is 3.92. The summed E-state index contributed by atoms with van der Waals surface area (Å²) in [6.45, 7) is 0. The molecule has 2 aromatic rings. The second kappa shape index (κ2) is 3.26. The maximum atomic E-state index is 5.75. The molecule has 4 heteroatoms. The molecule has 0 atom stereocenters. The first-order chi connectivity index (χ1) is 6.36. The quantitative estimate of drug-likeness (QED) is 0.697. The standard InChI is InChI=1S/C9H9N3O/c10-8-4-2-1-3-7(8)5-9-11-6-12-13-9/h1-4,6H,5,10H2. The second-order valence-electron chi connectivity index (χ2n) is 2.71. The minimum Gasteiger partial charge on any atom is -0.398 e. The Morgan fingerprint density at radius 2 is 2.15 bits per heavy atom. The van der Waals surface area contributed by atoms with E-state index in [2.05, 4.69) is 10.1 Å². The summed E-state index contributed by atoms with van der Waals surface area (Å²) in [7, 11) is 0. The van der Waals surface area contributed by atoms with Gasteiger partial charge in [0.05, 0.1) is 6.42 Å². The lowest BCUT2D eigenvalue weighted by molar-refractivity contribution is 0.384. The number of para-hydroxylation sites is 1. The van der Waals surface area contributed by atoms with Gasteiger partial charge in [0.15, 0.2) is 6.33 Å². The molecule has 0 spiro atoms. The molecule has 0 aliphatic rings. The van der Waals surface area contributed by atoms with Crippen molar-refractivity contribution in [2.24, 2.45) is 0 Å². The van der Waals surface area contributed by atoms with Crippen LogP contribution in [0.15, 0.2) is 35.1 Å². The van der Waals surface area contributed by atoms with Gasteiger partial charge < -0.3 is 10.3 Å². The normalized spacial score (nSPS) is 10.2. The number of nitrogen functional groups attached to an aromatic ring is 1. The van der Waals surface area contributed by atoms with E-state index in [4.69, 9.17) is 10.3 Å². The molecule has 0 saturated heterocycles. The van der Waals surface area contributed by atoms with Crippen LogP contribution in [-0.4, -0.2) is 10.1 Å². The zero-order chi connectivity index (χ0) is 9.10. The van der Waals surface area contributed by atoms with Crippen LogP contribution in [0.5, 0.6) is 0 Å². The molecule has 13 heavy (non-hydrogen) atoms. The average Bonchev–Trinajstić information content (AvgIpc) is 2.61. The lowest BCUT2D eigenvalue weighted by atomic mass is 10.1. The molecule has 0 radical (unpaired) electrons. The molecular formula is C9H9N3O. The van der Waals surface area contributed by atoms with Crippen LogP contribution in [0.2, 0.25) is 0 Å². The molecule has 1 aromatic carbocycles. The summed E-state index contributed by atoms with van der Waals surface area (Å²) < 4.78 is 4.88. The van der Waals surface area contributed by atoms with E-state index in [1.165, 1.54) is 6.33 Å². The van der Waals surface area contributed by atoms with E-state index in [9.17, 15) is 0 Å². The Labute approximate surface area is 75.4 Å².